The van der Waals surface area contributed by atoms with Crippen LogP contribution in [0.5, 0.6) is 17.2 Å². The second kappa shape index (κ2) is 5.19. The van der Waals surface area contributed by atoms with Crippen molar-refractivity contribution in [3.63, 3.8) is 0 Å². The van der Waals surface area contributed by atoms with E-state index in [1.54, 1.807) is 24.3 Å². The molecule has 3 N–H and O–H groups in total. The number of ether oxygens (including phenoxy) is 3. The monoisotopic (exact) mass is 362 g/mol. The number of nitrogens with one attached hydrogen (secondary N) is 1. The van der Waals surface area contributed by atoms with Crippen molar-refractivity contribution in [1.82, 2.24) is 0 Å². The van der Waals surface area contributed by atoms with Gasteiger partial charge in [-0.05, 0) is 18.2 Å². The van der Waals surface area contributed by atoms with Crippen LogP contribution >= 0.6 is 0 Å². The third kappa shape index (κ3) is 2.82. The van der Waals surface area contributed by atoms with Gasteiger partial charge in [0.15, 0.2) is 5.75 Å². The molecule has 0 aromatic heterocycles. The molecule has 0 saturated carbocycles. The molecule has 1 saturated heterocycles. The summed E-state index contributed by atoms with van der Waals surface area (Å²) in [7, 11) is -3.57. The van der Waals surface area contributed by atoms with Gasteiger partial charge in [-0.25, -0.2) is 8.42 Å². The minimum atomic E-state index is -3.57. The molecule has 0 bridgehead atoms. The van der Waals surface area contributed by atoms with Gasteiger partial charge in [-0.2, -0.15) is 0 Å². The minimum absolute atomic E-state index is 0.142. The van der Waals surface area contributed by atoms with Gasteiger partial charge >= 0.3 is 0 Å². The lowest BCUT2D eigenvalue weighted by atomic mass is 10.0. The van der Waals surface area contributed by atoms with Crippen molar-refractivity contribution in [3.8, 4) is 17.2 Å². The number of rotatable bonds is 4. The Morgan fingerprint density at radius 1 is 1.24 bits per heavy atom. The van der Waals surface area contributed by atoms with E-state index in [0.717, 1.165) is 6.26 Å². The van der Waals surface area contributed by atoms with Crippen molar-refractivity contribution >= 4 is 21.5 Å². The van der Waals surface area contributed by atoms with Crippen molar-refractivity contribution in [3.05, 3.63) is 48.0 Å². The number of hydrogen-bond donors (Lipinski definition) is 2. The fourth-order valence-corrected chi connectivity index (χ4v) is 3.11. The van der Waals surface area contributed by atoms with Gasteiger partial charge in [-0.3, -0.25) is 15.3 Å². The van der Waals surface area contributed by atoms with Gasteiger partial charge < -0.3 is 14.2 Å². The van der Waals surface area contributed by atoms with Gasteiger partial charge in [0.2, 0.25) is 21.5 Å². The van der Waals surface area contributed by atoms with Gasteiger partial charge in [0, 0.05) is 6.07 Å². The van der Waals surface area contributed by atoms with E-state index >= 15 is 0 Å². The standard InChI is InChI=1S/C16H14N2O6S/c1-25(20,21)18-11-8-12-10(14(19)16(17)15(23-12)24-16)7-13(11)22-9-5-3-2-4-6-9/h2-8,15,18H,17H2,1H3. The number of fused-ring (bicyclic) bond motifs is 2. The number of carbonyl (C=O) groups is 1. The fraction of sp³-hybridized carbons (Fsp3) is 0.188. The highest BCUT2D eigenvalue weighted by molar-refractivity contribution is 7.92. The summed E-state index contributed by atoms with van der Waals surface area (Å²) in [6.45, 7) is 0. The van der Waals surface area contributed by atoms with Gasteiger partial charge in [0.1, 0.15) is 11.5 Å². The Morgan fingerprint density at radius 3 is 2.64 bits per heavy atom. The zero-order chi connectivity index (χ0) is 17.8. The van der Waals surface area contributed by atoms with Crippen molar-refractivity contribution < 1.29 is 27.4 Å². The number of nitrogens with two attached hydrogens (primary N) is 1. The molecule has 2 aromatic carbocycles. The highest BCUT2D eigenvalue weighted by Gasteiger charge is 2.65. The molecule has 2 atom stereocenters. The predicted molar refractivity (Wildman–Crippen MR) is 88.2 cm³/mol. The van der Waals surface area contributed by atoms with Crippen molar-refractivity contribution in [1.29, 1.82) is 0 Å². The van der Waals surface area contributed by atoms with Crippen LogP contribution in [0.15, 0.2) is 42.5 Å². The van der Waals surface area contributed by atoms with Crippen LogP contribution in [0.1, 0.15) is 10.4 Å². The summed E-state index contributed by atoms with van der Waals surface area (Å²) in [5, 5.41) is 0. The number of anilines is 1. The van der Waals surface area contributed by atoms with Crippen LogP contribution in [0.2, 0.25) is 0 Å². The average molecular weight is 362 g/mol. The molecule has 2 aromatic rings. The lowest BCUT2D eigenvalue weighted by Crippen LogP contribution is -2.41. The Labute approximate surface area is 143 Å². The lowest BCUT2D eigenvalue weighted by molar-refractivity contribution is 0.0869. The summed E-state index contributed by atoms with van der Waals surface area (Å²) in [6.07, 6.45) is 0.152. The van der Waals surface area contributed by atoms with Crippen LogP contribution in [0, 0.1) is 0 Å². The summed E-state index contributed by atoms with van der Waals surface area (Å²) >= 11 is 0. The third-order valence-corrected chi connectivity index (χ3v) is 4.37. The maximum absolute atomic E-state index is 12.5. The lowest BCUT2D eigenvalue weighted by Gasteiger charge is -2.20. The van der Waals surface area contributed by atoms with E-state index in [9.17, 15) is 13.2 Å². The molecule has 0 aliphatic carbocycles. The first-order chi connectivity index (χ1) is 11.8. The zero-order valence-electron chi connectivity index (χ0n) is 13.1. The van der Waals surface area contributed by atoms with Crippen LogP contribution < -0.4 is 19.9 Å². The largest absolute Gasteiger partial charge is 0.459 e. The number of epoxide rings is 1. The smallest absolute Gasteiger partial charge is 0.253 e. The van der Waals surface area contributed by atoms with Crippen LogP contribution in [-0.4, -0.2) is 32.5 Å². The van der Waals surface area contributed by atoms with Gasteiger partial charge in [0.25, 0.3) is 6.29 Å². The fourth-order valence-electron chi connectivity index (χ4n) is 2.56. The summed E-state index contributed by atoms with van der Waals surface area (Å²) in [6, 6.07) is 11.5. The molecule has 2 aliphatic rings. The molecule has 8 nitrogen and oxygen atoms in total. The molecule has 2 unspecified atom stereocenters. The van der Waals surface area contributed by atoms with E-state index in [0.29, 0.717) is 5.75 Å². The number of para-hydroxylation sites is 1. The molecule has 2 aliphatic heterocycles. The van der Waals surface area contributed by atoms with E-state index in [2.05, 4.69) is 4.72 Å². The first kappa shape index (κ1) is 15.9. The number of benzene rings is 2. The molecule has 1 fully saturated rings. The Morgan fingerprint density at radius 2 is 1.96 bits per heavy atom. The molecular formula is C16H14N2O6S. The number of ketones is 1. The van der Waals surface area contributed by atoms with Crippen molar-refractivity contribution in [2.24, 2.45) is 5.73 Å². The van der Waals surface area contributed by atoms with Gasteiger partial charge in [0.05, 0.1) is 17.5 Å². The van der Waals surface area contributed by atoms with E-state index < -0.39 is 27.8 Å². The molecule has 25 heavy (non-hydrogen) atoms. The number of Topliss-reactive ketones (excluding diaryl/α,β-unsaturated/α-hetero) is 1. The number of carbonyl (C=O) groups excluding carboxylic acids is 1. The summed E-state index contributed by atoms with van der Waals surface area (Å²) < 4.78 is 41.9. The predicted octanol–water partition coefficient (Wildman–Crippen LogP) is 1.44. The van der Waals surface area contributed by atoms with Gasteiger partial charge in [-0.15, -0.1) is 0 Å². The molecule has 0 spiro atoms. The third-order valence-electron chi connectivity index (χ3n) is 3.78. The zero-order valence-corrected chi connectivity index (χ0v) is 13.9. The minimum Gasteiger partial charge on any atom is -0.459 e. The second-order valence-corrected chi connectivity index (χ2v) is 7.57. The highest BCUT2D eigenvalue weighted by Crippen LogP contribution is 2.47. The Balaban J connectivity index is 1.80. The first-order valence-corrected chi connectivity index (χ1v) is 9.22. The normalized spacial score (nSPS) is 23.9. The van der Waals surface area contributed by atoms with Crippen LogP contribution in [0.3, 0.4) is 0 Å². The maximum atomic E-state index is 12.5. The number of hydrogen-bond acceptors (Lipinski definition) is 7. The van der Waals surface area contributed by atoms with Crippen molar-refractivity contribution in [2.45, 2.75) is 12.0 Å². The molecule has 0 radical (unpaired) electrons. The van der Waals surface area contributed by atoms with Crippen LogP contribution in [-0.2, 0) is 14.8 Å². The number of sulfonamides is 1. The van der Waals surface area contributed by atoms with Crippen LogP contribution in [0.25, 0.3) is 0 Å². The van der Waals surface area contributed by atoms with E-state index in [4.69, 9.17) is 19.9 Å². The van der Waals surface area contributed by atoms with Crippen LogP contribution in [0.4, 0.5) is 5.69 Å². The van der Waals surface area contributed by atoms with E-state index in [1.807, 2.05) is 6.07 Å². The summed E-state index contributed by atoms with van der Waals surface area (Å²) in [4.78, 5) is 12.5. The summed E-state index contributed by atoms with van der Waals surface area (Å²) in [5.41, 5.74) is 4.63. The molecular weight excluding hydrogens is 348 g/mol. The highest BCUT2D eigenvalue weighted by atomic mass is 32.2. The first-order valence-electron chi connectivity index (χ1n) is 7.33. The molecule has 130 valence electrons. The van der Waals surface area contributed by atoms with Gasteiger partial charge in [-0.1, -0.05) is 18.2 Å². The van der Waals surface area contributed by atoms with E-state index in [-0.39, 0.29) is 22.7 Å². The van der Waals surface area contributed by atoms with Crippen molar-refractivity contribution in [2.75, 3.05) is 11.0 Å². The second-order valence-electron chi connectivity index (χ2n) is 5.82. The Bertz CT molecular complexity index is 976. The summed E-state index contributed by atoms with van der Waals surface area (Å²) in [5.74, 6) is 0.365. The molecule has 2 heterocycles. The molecule has 4 rings (SSSR count). The maximum Gasteiger partial charge on any atom is 0.253 e. The van der Waals surface area contributed by atoms with E-state index in [1.165, 1.54) is 12.1 Å². The average Bonchev–Trinajstić information content (AvgIpc) is 3.20. The Kier molecular flexibility index (Phi) is 3.29. The quantitative estimate of drug-likeness (QED) is 0.790. The molecule has 9 heteroatoms. The molecule has 0 amide bonds. The Hall–Kier alpha value is -2.62. The topological polar surface area (TPSA) is 120 Å². The SMILES string of the molecule is CS(=O)(=O)Nc1cc2c(cc1Oc1ccccc1)C(=O)C1(N)OC1O2.